The standard InChI is InChI=1S/C15H13N5O2/c1-10-3-4-14(16-8-10)11-5-12(15(21)22-2)7-13(6-11)20-9-17-18-19-20/h3-9H,1-2H3. The number of benzene rings is 1. The summed E-state index contributed by atoms with van der Waals surface area (Å²) in [6, 6.07) is 9.12. The van der Waals surface area contributed by atoms with Crippen molar-refractivity contribution < 1.29 is 9.53 Å². The van der Waals surface area contributed by atoms with Gasteiger partial charge in [0.15, 0.2) is 0 Å². The number of tetrazole rings is 1. The lowest BCUT2D eigenvalue weighted by Crippen LogP contribution is -2.04. The number of methoxy groups -OCH3 is 1. The van der Waals surface area contributed by atoms with Crippen LogP contribution in [0.4, 0.5) is 0 Å². The van der Waals surface area contributed by atoms with Crippen LogP contribution >= 0.6 is 0 Å². The SMILES string of the molecule is COC(=O)c1cc(-c2ccc(C)cn2)cc(-n2cnnn2)c1. The number of ether oxygens (including phenoxy) is 1. The predicted octanol–water partition coefficient (Wildman–Crippen LogP) is 1.82. The average Bonchev–Trinajstić information content (AvgIpc) is 3.09. The molecule has 22 heavy (non-hydrogen) atoms. The zero-order valence-corrected chi connectivity index (χ0v) is 12.1. The van der Waals surface area contributed by atoms with E-state index in [1.807, 2.05) is 25.1 Å². The van der Waals surface area contributed by atoms with Gasteiger partial charge < -0.3 is 4.74 Å². The predicted molar refractivity (Wildman–Crippen MR) is 78.5 cm³/mol. The third-order valence-electron chi connectivity index (χ3n) is 3.16. The minimum absolute atomic E-state index is 0.410. The quantitative estimate of drug-likeness (QED) is 0.685. The van der Waals surface area contributed by atoms with Crippen LogP contribution in [0.1, 0.15) is 15.9 Å². The van der Waals surface area contributed by atoms with Gasteiger partial charge in [0.2, 0.25) is 0 Å². The van der Waals surface area contributed by atoms with Crippen molar-refractivity contribution in [1.29, 1.82) is 0 Å². The maximum atomic E-state index is 11.9. The lowest BCUT2D eigenvalue weighted by atomic mass is 10.1. The Labute approximate surface area is 126 Å². The minimum atomic E-state index is -0.428. The maximum absolute atomic E-state index is 11.9. The van der Waals surface area contributed by atoms with Gasteiger partial charge in [-0.2, -0.15) is 0 Å². The largest absolute Gasteiger partial charge is 0.465 e. The second kappa shape index (κ2) is 5.72. The van der Waals surface area contributed by atoms with Gasteiger partial charge in [-0.3, -0.25) is 4.98 Å². The van der Waals surface area contributed by atoms with Crippen LogP contribution in [0, 0.1) is 6.92 Å². The van der Waals surface area contributed by atoms with Crippen LogP contribution in [0.15, 0.2) is 42.9 Å². The van der Waals surface area contributed by atoms with Crippen molar-refractivity contribution in [2.75, 3.05) is 7.11 Å². The fourth-order valence-electron chi connectivity index (χ4n) is 2.05. The second-order valence-electron chi connectivity index (χ2n) is 4.74. The molecule has 0 aliphatic heterocycles. The molecule has 2 heterocycles. The van der Waals surface area contributed by atoms with E-state index < -0.39 is 5.97 Å². The molecule has 0 saturated heterocycles. The number of hydrogen-bond donors (Lipinski definition) is 0. The van der Waals surface area contributed by atoms with Crippen LogP contribution < -0.4 is 0 Å². The Kier molecular flexibility index (Phi) is 3.61. The van der Waals surface area contributed by atoms with Gasteiger partial charge in [0, 0.05) is 11.8 Å². The number of esters is 1. The van der Waals surface area contributed by atoms with Crippen molar-refractivity contribution in [2.24, 2.45) is 0 Å². The Morgan fingerprint density at radius 3 is 2.73 bits per heavy atom. The molecule has 0 unspecified atom stereocenters. The van der Waals surface area contributed by atoms with Crippen LogP contribution in [-0.4, -0.2) is 38.3 Å². The molecule has 0 spiro atoms. The summed E-state index contributed by atoms with van der Waals surface area (Å²) in [4.78, 5) is 16.3. The third-order valence-corrected chi connectivity index (χ3v) is 3.16. The van der Waals surface area contributed by atoms with Crippen molar-refractivity contribution in [3.05, 3.63) is 54.0 Å². The maximum Gasteiger partial charge on any atom is 0.337 e. The van der Waals surface area contributed by atoms with E-state index in [4.69, 9.17) is 4.74 Å². The first-order chi connectivity index (χ1) is 10.7. The van der Waals surface area contributed by atoms with E-state index in [-0.39, 0.29) is 0 Å². The van der Waals surface area contributed by atoms with Crippen molar-refractivity contribution in [2.45, 2.75) is 6.92 Å². The number of hydrogen-bond acceptors (Lipinski definition) is 6. The highest BCUT2D eigenvalue weighted by molar-refractivity contribution is 5.91. The molecule has 0 N–H and O–H groups in total. The number of aryl methyl sites for hydroxylation is 1. The molecular formula is C15H13N5O2. The Bertz CT molecular complexity index is 797. The minimum Gasteiger partial charge on any atom is -0.465 e. The van der Waals surface area contributed by atoms with Gasteiger partial charge in [0.1, 0.15) is 6.33 Å². The summed E-state index contributed by atoms with van der Waals surface area (Å²) in [5, 5.41) is 11.1. The first-order valence-corrected chi connectivity index (χ1v) is 6.57. The fraction of sp³-hybridized carbons (Fsp3) is 0.133. The smallest absolute Gasteiger partial charge is 0.337 e. The average molecular weight is 295 g/mol. The Hall–Kier alpha value is -3.09. The van der Waals surface area contributed by atoms with Gasteiger partial charge in [-0.15, -0.1) is 5.10 Å². The van der Waals surface area contributed by atoms with Gasteiger partial charge in [0.25, 0.3) is 0 Å². The summed E-state index contributed by atoms with van der Waals surface area (Å²) >= 11 is 0. The highest BCUT2D eigenvalue weighted by atomic mass is 16.5. The van der Waals surface area contributed by atoms with Crippen LogP contribution in [0.2, 0.25) is 0 Å². The first kappa shape index (κ1) is 13.9. The molecule has 0 atom stereocenters. The summed E-state index contributed by atoms with van der Waals surface area (Å²) < 4.78 is 6.27. The number of carbonyl (C=O) groups excluding carboxylic acids is 1. The number of aromatic nitrogens is 5. The molecule has 0 amide bonds. The van der Waals surface area contributed by atoms with E-state index in [2.05, 4.69) is 20.5 Å². The van der Waals surface area contributed by atoms with Crippen molar-refractivity contribution in [3.63, 3.8) is 0 Å². The van der Waals surface area contributed by atoms with Gasteiger partial charge in [-0.05, 0) is 47.2 Å². The topological polar surface area (TPSA) is 82.8 Å². The molecule has 2 aromatic heterocycles. The Morgan fingerprint density at radius 2 is 2.09 bits per heavy atom. The van der Waals surface area contributed by atoms with E-state index in [9.17, 15) is 4.79 Å². The summed E-state index contributed by atoms with van der Waals surface area (Å²) in [5.41, 5.74) is 3.67. The zero-order valence-electron chi connectivity index (χ0n) is 12.1. The number of carbonyl (C=O) groups is 1. The number of nitrogens with zero attached hydrogens (tertiary/aromatic N) is 5. The molecule has 0 saturated carbocycles. The van der Waals surface area contributed by atoms with Crippen LogP contribution in [0.25, 0.3) is 16.9 Å². The molecule has 3 aromatic rings. The van der Waals surface area contributed by atoms with Crippen LogP contribution in [0.3, 0.4) is 0 Å². The lowest BCUT2D eigenvalue weighted by Gasteiger charge is -2.08. The molecule has 110 valence electrons. The van der Waals surface area contributed by atoms with Crippen molar-refractivity contribution in [1.82, 2.24) is 25.2 Å². The normalized spacial score (nSPS) is 10.5. The lowest BCUT2D eigenvalue weighted by molar-refractivity contribution is 0.0600. The number of pyridine rings is 1. The van der Waals surface area contributed by atoms with Gasteiger partial charge in [0.05, 0.1) is 24.1 Å². The van der Waals surface area contributed by atoms with Crippen LogP contribution in [0.5, 0.6) is 0 Å². The summed E-state index contributed by atoms with van der Waals surface area (Å²) in [7, 11) is 1.34. The van der Waals surface area contributed by atoms with E-state index in [0.29, 0.717) is 11.3 Å². The molecule has 7 nitrogen and oxygen atoms in total. The van der Waals surface area contributed by atoms with Gasteiger partial charge in [-0.25, -0.2) is 9.48 Å². The molecular weight excluding hydrogens is 282 g/mol. The molecule has 0 aliphatic carbocycles. The van der Waals surface area contributed by atoms with E-state index in [1.54, 1.807) is 18.3 Å². The van der Waals surface area contributed by atoms with Crippen molar-refractivity contribution >= 4 is 5.97 Å². The highest BCUT2D eigenvalue weighted by Gasteiger charge is 2.12. The molecule has 0 fully saturated rings. The third kappa shape index (κ3) is 2.69. The molecule has 0 aliphatic rings. The van der Waals surface area contributed by atoms with E-state index >= 15 is 0 Å². The van der Waals surface area contributed by atoms with Crippen molar-refractivity contribution in [3.8, 4) is 16.9 Å². The molecule has 1 aromatic carbocycles. The Balaban J connectivity index is 2.14. The zero-order chi connectivity index (χ0) is 15.5. The van der Waals surface area contributed by atoms with E-state index in [1.165, 1.54) is 18.1 Å². The second-order valence-corrected chi connectivity index (χ2v) is 4.74. The summed E-state index contributed by atoms with van der Waals surface area (Å²) in [6.07, 6.45) is 3.24. The molecule has 7 heteroatoms. The Morgan fingerprint density at radius 1 is 1.23 bits per heavy atom. The summed E-state index contributed by atoms with van der Waals surface area (Å²) in [5.74, 6) is -0.428. The molecule has 3 rings (SSSR count). The fourth-order valence-corrected chi connectivity index (χ4v) is 2.05. The van der Waals surface area contributed by atoms with E-state index in [0.717, 1.165) is 16.8 Å². The monoisotopic (exact) mass is 295 g/mol. The molecule has 0 bridgehead atoms. The summed E-state index contributed by atoms with van der Waals surface area (Å²) in [6.45, 7) is 1.97. The molecule has 0 radical (unpaired) electrons. The van der Waals surface area contributed by atoms with Gasteiger partial charge in [-0.1, -0.05) is 6.07 Å². The number of rotatable bonds is 3. The van der Waals surface area contributed by atoms with Gasteiger partial charge >= 0.3 is 5.97 Å². The van der Waals surface area contributed by atoms with Crippen LogP contribution in [-0.2, 0) is 4.74 Å². The highest BCUT2D eigenvalue weighted by Crippen LogP contribution is 2.23. The first-order valence-electron chi connectivity index (χ1n) is 6.57.